The maximum absolute atomic E-state index is 5.85. The number of nitrogens with zero attached hydrogens (tertiary/aromatic N) is 2. The molecule has 1 saturated heterocycles. The lowest BCUT2D eigenvalue weighted by atomic mass is 9.95. The van der Waals surface area contributed by atoms with Gasteiger partial charge in [-0.1, -0.05) is 0 Å². The monoisotopic (exact) mass is 221 g/mol. The number of rotatable bonds is 2. The Balaban J connectivity index is 2.34. The molecule has 0 amide bonds. The van der Waals surface area contributed by atoms with Crippen LogP contribution in [0.1, 0.15) is 37.7 Å². The second-order valence-electron chi connectivity index (χ2n) is 4.50. The third-order valence-corrected chi connectivity index (χ3v) is 3.05. The molecule has 1 unspecified atom stereocenters. The zero-order chi connectivity index (χ0) is 11.6. The SMILES string of the molecule is CNc1cc(C)nc(C2(C)CCCCO2)n1. The summed E-state index contributed by atoms with van der Waals surface area (Å²) in [5, 5.41) is 3.06. The van der Waals surface area contributed by atoms with E-state index in [4.69, 9.17) is 4.74 Å². The van der Waals surface area contributed by atoms with Crippen molar-refractivity contribution >= 4 is 5.82 Å². The number of aromatic nitrogens is 2. The topological polar surface area (TPSA) is 47.0 Å². The molecular weight excluding hydrogens is 202 g/mol. The van der Waals surface area contributed by atoms with E-state index >= 15 is 0 Å². The molecule has 0 aromatic carbocycles. The summed E-state index contributed by atoms with van der Waals surface area (Å²) in [5.74, 6) is 1.66. The average Bonchev–Trinajstić information content (AvgIpc) is 2.29. The summed E-state index contributed by atoms with van der Waals surface area (Å²) in [5.41, 5.74) is 0.667. The largest absolute Gasteiger partial charge is 0.373 e. The smallest absolute Gasteiger partial charge is 0.162 e. The minimum atomic E-state index is -0.310. The molecule has 1 aromatic heterocycles. The molecule has 4 nitrogen and oxygen atoms in total. The molecule has 0 radical (unpaired) electrons. The van der Waals surface area contributed by atoms with Crippen LogP contribution < -0.4 is 5.32 Å². The number of hydrogen-bond acceptors (Lipinski definition) is 4. The van der Waals surface area contributed by atoms with Crippen LogP contribution in [0.2, 0.25) is 0 Å². The summed E-state index contributed by atoms with van der Waals surface area (Å²) in [4.78, 5) is 9.00. The average molecular weight is 221 g/mol. The molecule has 1 atom stereocenters. The van der Waals surface area contributed by atoms with Gasteiger partial charge in [0.25, 0.3) is 0 Å². The fourth-order valence-corrected chi connectivity index (χ4v) is 2.04. The van der Waals surface area contributed by atoms with Crippen LogP contribution in [0.25, 0.3) is 0 Å². The lowest BCUT2D eigenvalue weighted by Crippen LogP contribution is -2.32. The Labute approximate surface area is 96.4 Å². The quantitative estimate of drug-likeness (QED) is 0.832. The molecule has 0 bridgehead atoms. The van der Waals surface area contributed by atoms with Crippen molar-refractivity contribution in [2.75, 3.05) is 19.0 Å². The Hall–Kier alpha value is -1.16. The molecule has 0 spiro atoms. The van der Waals surface area contributed by atoms with Crippen LogP contribution in [0.15, 0.2) is 6.07 Å². The predicted octanol–water partition coefficient (Wildman–Crippen LogP) is 2.24. The number of aryl methyl sites for hydroxylation is 1. The third-order valence-electron chi connectivity index (χ3n) is 3.05. The van der Waals surface area contributed by atoms with Crippen molar-refractivity contribution < 1.29 is 4.74 Å². The molecule has 0 saturated carbocycles. The number of anilines is 1. The minimum Gasteiger partial charge on any atom is -0.373 e. The van der Waals surface area contributed by atoms with E-state index in [0.717, 1.165) is 36.8 Å². The van der Waals surface area contributed by atoms with Gasteiger partial charge < -0.3 is 10.1 Å². The zero-order valence-electron chi connectivity index (χ0n) is 10.2. The molecule has 1 fully saturated rings. The van der Waals surface area contributed by atoms with Gasteiger partial charge in [0.15, 0.2) is 5.82 Å². The molecule has 1 aliphatic rings. The van der Waals surface area contributed by atoms with Gasteiger partial charge in [0.1, 0.15) is 11.4 Å². The van der Waals surface area contributed by atoms with Crippen LogP contribution >= 0.6 is 0 Å². The van der Waals surface area contributed by atoms with Gasteiger partial charge in [-0.25, -0.2) is 9.97 Å². The molecule has 0 aliphatic carbocycles. The zero-order valence-corrected chi connectivity index (χ0v) is 10.2. The summed E-state index contributed by atoms with van der Waals surface area (Å²) < 4.78 is 5.85. The van der Waals surface area contributed by atoms with Crippen molar-refractivity contribution in [1.82, 2.24) is 9.97 Å². The minimum absolute atomic E-state index is 0.310. The third kappa shape index (κ3) is 2.16. The van der Waals surface area contributed by atoms with Gasteiger partial charge in [-0.15, -0.1) is 0 Å². The molecule has 2 heterocycles. The second kappa shape index (κ2) is 4.37. The standard InChI is InChI=1S/C12H19N3O/c1-9-8-10(13-3)15-11(14-9)12(2)6-4-5-7-16-12/h8H,4-7H2,1-3H3,(H,13,14,15). The Kier molecular flexibility index (Phi) is 3.10. The van der Waals surface area contributed by atoms with E-state index in [9.17, 15) is 0 Å². The van der Waals surface area contributed by atoms with Crippen LogP contribution in [-0.2, 0) is 10.3 Å². The van der Waals surface area contributed by atoms with E-state index < -0.39 is 0 Å². The highest BCUT2D eigenvalue weighted by Gasteiger charge is 2.33. The second-order valence-corrected chi connectivity index (χ2v) is 4.50. The van der Waals surface area contributed by atoms with Crippen molar-refractivity contribution in [1.29, 1.82) is 0 Å². The highest BCUT2D eigenvalue weighted by Crippen LogP contribution is 2.32. The maximum Gasteiger partial charge on any atom is 0.162 e. The fraction of sp³-hybridized carbons (Fsp3) is 0.667. The number of hydrogen-bond donors (Lipinski definition) is 1. The van der Waals surface area contributed by atoms with Crippen LogP contribution in [0.5, 0.6) is 0 Å². The Morgan fingerprint density at radius 3 is 2.81 bits per heavy atom. The molecule has 1 aromatic rings. The molecule has 1 aliphatic heterocycles. The van der Waals surface area contributed by atoms with Crippen LogP contribution in [0.3, 0.4) is 0 Å². The molecule has 16 heavy (non-hydrogen) atoms. The molecule has 88 valence electrons. The highest BCUT2D eigenvalue weighted by molar-refractivity contribution is 5.35. The summed E-state index contributed by atoms with van der Waals surface area (Å²) in [7, 11) is 1.87. The van der Waals surface area contributed by atoms with Crippen molar-refractivity contribution in [3.05, 3.63) is 17.6 Å². The van der Waals surface area contributed by atoms with E-state index in [0.29, 0.717) is 0 Å². The van der Waals surface area contributed by atoms with E-state index in [1.54, 1.807) is 0 Å². The van der Waals surface area contributed by atoms with Gasteiger partial charge in [0.05, 0.1) is 0 Å². The highest BCUT2D eigenvalue weighted by atomic mass is 16.5. The Bertz CT molecular complexity index is 373. The van der Waals surface area contributed by atoms with E-state index in [-0.39, 0.29) is 5.60 Å². The van der Waals surface area contributed by atoms with E-state index in [1.807, 2.05) is 20.0 Å². The first-order valence-corrected chi connectivity index (χ1v) is 5.82. The summed E-state index contributed by atoms with van der Waals surface area (Å²) in [6, 6.07) is 1.94. The van der Waals surface area contributed by atoms with Crippen molar-refractivity contribution in [2.45, 2.75) is 38.7 Å². The molecular formula is C12H19N3O. The molecule has 2 rings (SSSR count). The van der Waals surface area contributed by atoms with Gasteiger partial charge in [-0.2, -0.15) is 0 Å². The molecule has 1 N–H and O–H groups in total. The van der Waals surface area contributed by atoms with Crippen molar-refractivity contribution in [2.24, 2.45) is 0 Å². The number of ether oxygens (including phenoxy) is 1. The van der Waals surface area contributed by atoms with Gasteiger partial charge in [-0.05, 0) is 33.1 Å². The first-order chi connectivity index (χ1) is 7.64. The van der Waals surface area contributed by atoms with Crippen LogP contribution in [-0.4, -0.2) is 23.6 Å². The van der Waals surface area contributed by atoms with Crippen LogP contribution in [0, 0.1) is 6.92 Å². The van der Waals surface area contributed by atoms with Crippen LogP contribution in [0.4, 0.5) is 5.82 Å². The maximum atomic E-state index is 5.85. The van der Waals surface area contributed by atoms with Gasteiger partial charge in [0.2, 0.25) is 0 Å². The van der Waals surface area contributed by atoms with Gasteiger partial charge >= 0.3 is 0 Å². The first-order valence-electron chi connectivity index (χ1n) is 5.82. The lowest BCUT2D eigenvalue weighted by molar-refractivity contribution is -0.0760. The summed E-state index contributed by atoms with van der Waals surface area (Å²) in [6.07, 6.45) is 3.32. The van der Waals surface area contributed by atoms with Gasteiger partial charge in [0, 0.05) is 25.4 Å². The van der Waals surface area contributed by atoms with Gasteiger partial charge in [-0.3, -0.25) is 0 Å². The lowest BCUT2D eigenvalue weighted by Gasteiger charge is -2.32. The van der Waals surface area contributed by atoms with E-state index in [2.05, 4.69) is 22.2 Å². The summed E-state index contributed by atoms with van der Waals surface area (Å²) >= 11 is 0. The van der Waals surface area contributed by atoms with Crippen molar-refractivity contribution in [3.63, 3.8) is 0 Å². The molecule has 4 heteroatoms. The fourth-order valence-electron chi connectivity index (χ4n) is 2.04. The van der Waals surface area contributed by atoms with E-state index in [1.165, 1.54) is 6.42 Å². The van der Waals surface area contributed by atoms with Crippen molar-refractivity contribution in [3.8, 4) is 0 Å². The Morgan fingerprint density at radius 1 is 1.38 bits per heavy atom. The normalized spacial score (nSPS) is 25.4. The first kappa shape index (κ1) is 11.3. The summed E-state index contributed by atoms with van der Waals surface area (Å²) in [6.45, 7) is 4.88. The Morgan fingerprint density at radius 2 is 2.19 bits per heavy atom. The number of nitrogens with one attached hydrogen (secondary N) is 1. The predicted molar refractivity (Wildman–Crippen MR) is 63.5 cm³/mol.